The van der Waals surface area contributed by atoms with Gasteiger partial charge in [0, 0.05) is 0 Å². The summed E-state index contributed by atoms with van der Waals surface area (Å²) < 4.78 is 13.2. The minimum absolute atomic E-state index is 0.0318. The average Bonchev–Trinajstić information content (AvgIpc) is 2.43. The molecule has 0 bridgehead atoms. The predicted octanol–water partition coefficient (Wildman–Crippen LogP) is 4.59. The summed E-state index contributed by atoms with van der Waals surface area (Å²) in [4.78, 5) is 11.8. The molecule has 2 rings (SSSR count). The zero-order valence-corrected chi connectivity index (χ0v) is 14.0. The van der Waals surface area contributed by atoms with Crippen molar-refractivity contribution in [1.82, 2.24) is 8.75 Å². The lowest BCUT2D eigenvalue weighted by atomic mass is 9.95. The molecule has 0 radical (unpaired) electrons. The molecule has 0 aliphatic carbocycles. The highest BCUT2D eigenvalue weighted by Gasteiger charge is 2.12. The number of hydrogen-bond donors (Lipinski definition) is 0. The molecule has 0 spiro atoms. The van der Waals surface area contributed by atoms with Crippen LogP contribution in [0.2, 0.25) is 5.15 Å². The molecule has 6 heteroatoms. The van der Waals surface area contributed by atoms with Gasteiger partial charge in [0.05, 0.1) is 11.7 Å². The molecule has 0 N–H and O–H groups in total. The fraction of sp³-hybridized carbons (Fsp3) is 0.400. The molecule has 0 atom stereocenters. The second-order valence-corrected chi connectivity index (χ2v) is 6.32. The molecule has 1 aromatic carbocycles. The van der Waals surface area contributed by atoms with Crippen LogP contribution in [-0.2, 0) is 0 Å². The molecular formula is C15H17ClN2O2S. The Bertz CT molecular complexity index is 672. The molecule has 1 heterocycles. The Kier molecular flexibility index (Phi) is 4.96. The van der Waals surface area contributed by atoms with E-state index in [0.717, 1.165) is 22.9 Å². The van der Waals surface area contributed by atoms with Crippen LogP contribution in [-0.4, -0.2) is 8.75 Å². The van der Waals surface area contributed by atoms with Crippen molar-refractivity contribution in [3.05, 3.63) is 44.7 Å². The van der Waals surface area contributed by atoms with Gasteiger partial charge in [0.15, 0.2) is 5.15 Å². The predicted molar refractivity (Wildman–Crippen MR) is 85.9 cm³/mol. The quantitative estimate of drug-likeness (QED) is 0.825. The molecule has 0 unspecified atom stereocenters. The van der Waals surface area contributed by atoms with Crippen molar-refractivity contribution in [2.24, 2.45) is 0 Å². The second kappa shape index (κ2) is 6.54. The molecular weight excluding hydrogens is 308 g/mol. The number of halogens is 1. The molecule has 0 amide bonds. The van der Waals surface area contributed by atoms with Crippen molar-refractivity contribution in [2.45, 2.75) is 39.5 Å². The van der Waals surface area contributed by atoms with E-state index >= 15 is 0 Å². The van der Waals surface area contributed by atoms with Gasteiger partial charge in [0.1, 0.15) is 5.75 Å². The lowest BCUT2D eigenvalue weighted by Crippen LogP contribution is -2.08. The van der Waals surface area contributed by atoms with Crippen LogP contribution in [0.15, 0.2) is 23.0 Å². The lowest BCUT2D eigenvalue weighted by molar-refractivity contribution is 0.460. The van der Waals surface area contributed by atoms with E-state index in [9.17, 15) is 4.79 Å². The zero-order valence-electron chi connectivity index (χ0n) is 12.4. The van der Waals surface area contributed by atoms with Gasteiger partial charge in [-0.3, -0.25) is 4.79 Å². The molecule has 0 saturated heterocycles. The maximum Gasteiger partial charge on any atom is 0.283 e. The number of rotatable bonds is 4. The van der Waals surface area contributed by atoms with E-state index in [1.807, 2.05) is 12.1 Å². The van der Waals surface area contributed by atoms with Gasteiger partial charge in [-0.05, 0) is 35.1 Å². The van der Waals surface area contributed by atoms with Gasteiger partial charge < -0.3 is 4.74 Å². The molecule has 1 aromatic heterocycles. The van der Waals surface area contributed by atoms with Gasteiger partial charge in [-0.1, -0.05) is 45.4 Å². The van der Waals surface area contributed by atoms with E-state index in [1.54, 1.807) is 0 Å². The first kappa shape index (κ1) is 15.9. The van der Waals surface area contributed by atoms with Crippen LogP contribution in [0.4, 0.5) is 0 Å². The Balaban J connectivity index is 2.43. The second-order valence-electron chi connectivity index (χ2n) is 5.44. The minimum Gasteiger partial charge on any atom is -0.435 e. The molecule has 4 nitrogen and oxygen atoms in total. The Morgan fingerprint density at radius 2 is 1.62 bits per heavy atom. The molecule has 112 valence electrons. The maximum atomic E-state index is 11.8. The molecule has 0 fully saturated rings. The van der Waals surface area contributed by atoms with E-state index in [0.29, 0.717) is 17.6 Å². The summed E-state index contributed by atoms with van der Waals surface area (Å²) in [5, 5.41) is -0.117. The van der Waals surface area contributed by atoms with E-state index < -0.39 is 5.43 Å². The summed E-state index contributed by atoms with van der Waals surface area (Å²) in [5.41, 5.74) is 1.83. The molecule has 2 aromatic rings. The number of nitrogens with zero attached hydrogens (tertiary/aromatic N) is 2. The van der Waals surface area contributed by atoms with Crippen LogP contribution in [0.25, 0.3) is 0 Å². The van der Waals surface area contributed by atoms with Crippen LogP contribution in [0.5, 0.6) is 11.6 Å². The molecule has 21 heavy (non-hydrogen) atoms. The minimum atomic E-state index is -0.489. The fourth-order valence-corrected chi connectivity index (χ4v) is 2.38. The Labute approximate surface area is 133 Å². The van der Waals surface area contributed by atoms with Crippen LogP contribution in [0, 0.1) is 0 Å². The number of ether oxygens (including phenoxy) is 1. The normalized spacial score (nSPS) is 11.2. The van der Waals surface area contributed by atoms with E-state index in [2.05, 4.69) is 42.5 Å². The van der Waals surface area contributed by atoms with Crippen molar-refractivity contribution in [3.63, 3.8) is 0 Å². The zero-order chi connectivity index (χ0) is 15.6. The summed E-state index contributed by atoms with van der Waals surface area (Å²) in [6.45, 7) is 8.47. The topological polar surface area (TPSA) is 52.1 Å². The lowest BCUT2D eigenvalue weighted by Gasteiger charge is -2.14. The highest BCUT2D eigenvalue weighted by atomic mass is 35.5. The smallest absolute Gasteiger partial charge is 0.283 e. The first-order chi connectivity index (χ1) is 9.88. The van der Waals surface area contributed by atoms with Gasteiger partial charge >= 0.3 is 0 Å². The summed E-state index contributed by atoms with van der Waals surface area (Å²) in [5.74, 6) is 1.31. The molecule has 0 aliphatic heterocycles. The van der Waals surface area contributed by atoms with Gasteiger partial charge in [-0.15, -0.1) is 4.37 Å². The van der Waals surface area contributed by atoms with Crippen molar-refractivity contribution in [1.29, 1.82) is 0 Å². The van der Waals surface area contributed by atoms with Gasteiger partial charge in [-0.25, -0.2) is 0 Å². The monoisotopic (exact) mass is 324 g/mol. The highest BCUT2D eigenvalue weighted by molar-refractivity contribution is 6.99. The van der Waals surface area contributed by atoms with Gasteiger partial charge in [-0.2, -0.15) is 4.37 Å². The maximum absolute atomic E-state index is 11.8. The third kappa shape index (κ3) is 3.80. The number of benzene rings is 1. The summed E-state index contributed by atoms with van der Waals surface area (Å²) >= 11 is 6.56. The van der Waals surface area contributed by atoms with Crippen LogP contribution in [0.1, 0.15) is 50.7 Å². The Hall–Kier alpha value is -1.46. The van der Waals surface area contributed by atoms with Crippen molar-refractivity contribution in [3.8, 4) is 11.6 Å². The van der Waals surface area contributed by atoms with Crippen LogP contribution < -0.4 is 10.2 Å². The summed E-state index contributed by atoms with van der Waals surface area (Å²) in [6, 6.07) is 6.02. The van der Waals surface area contributed by atoms with Crippen molar-refractivity contribution < 1.29 is 4.74 Å². The molecule has 0 saturated carbocycles. The number of aromatic nitrogens is 2. The van der Waals surface area contributed by atoms with E-state index in [-0.39, 0.29) is 11.0 Å². The SMILES string of the molecule is CC(C)c1cc(Oc2nsnc(Cl)c2=O)cc(C(C)C)c1. The van der Waals surface area contributed by atoms with Crippen LogP contribution >= 0.6 is 23.3 Å². The van der Waals surface area contributed by atoms with Crippen molar-refractivity contribution in [2.75, 3.05) is 0 Å². The third-order valence-corrected chi connectivity index (χ3v) is 3.99. The Morgan fingerprint density at radius 1 is 1.05 bits per heavy atom. The summed E-state index contributed by atoms with van der Waals surface area (Å²) in [6.07, 6.45) is 0. The third-order valence-electron chi connectivity index (χ3n) is 3.13. The molecule has 0 aliphatic rings. The van der Waals surface area contributed by atoms with Crippen molar-refractivity contribution >= 4 is 23.3 Å². The largest absolute Gasteiger partial charge is 0.435 e. The average molecular weight is 325 g/mol. The first-order valence-electron chi connectivity index (χ1n) is 6.73. The standard InChI is InChI=1S/C15H17ClN2O2S/c1-8(2)10-5-11(9(3)4)7-12(6-10)20-15-13(19)14(16)17-21-18-15/h5-9H,1-4H3. The fourth-order valence-electron chi connectivity index (χ4n) is 1.81. The van der Waals surface area contributed by atoms with Gasteiger partial charge in [0.2, 0.25) is 0 Å². The van der Waals surface area contributed by atoms with E-state index in [4.69, 9.17) is 16.3 Å². The van der Waals surface area contributed by atoms with Crippen LogP contribution in [0.3, 0.4) is 0 Å². The van der Waals surface area contributed by atoms with Gasteiger partial charge in [0.25, 0.3) is 11.3 Å². The first-order valence-corrected chi connectivity index (χ1v) is 7.84. The van der Waals surface area contributed by atoms with E-state index in [1.165, 1.54) is 0 Å². The highest BCUT2D eigenvalue weighted by Crippen LogP contribution is 2.29. The Morgan fingerprint density at radius 3 is 2.14 bits per heavy atom. The number of hydrogen-bond acceptors (Lipinski definition) is 5. The summed E-state index contributed by atoms with van der Waals surface area (Å²) in [7, 11) is 0.